The molecule has 0 unspecified atom stereocenters. The number of fused-ring (bicyclic) bond motifs is 1. The smallest absolute Gasteiger partial charge is 0.336 e. The second kappa shape index (κ2) is 10.0. The van der Waals surface area contributed by atoms with Crippen LogP contribution < -0.4 is 10.2 Å². The molecule has 3 aromatic rings. The van der Waals surface area contributed by atoms with Gasteiger partial charge in [0.15, 0.2) is 0 Å². The summed E-state index contributed by atoms with van der Waals surface area (Å²) in [6.07, 6.45) is 6.59. The van der Waals surface area contributed by atoms with Crippen molar-refractivity contribution in [2.24, 2.45) is 0 Å². The lowest BCUT2D eigenvalue weighted by Gasteiger charge is -2.41. The fourth-order valence-corrected chi connectivity index (χ4v) is 5.30. The summed E-state index contributed by atoms with van der Waals surface area (Å²) in [6.45, 7) is 5.63. The molecule has 2 fully saturated rings. The summed E-state index contributed by atoms with van der Waals surface area (Å²) in [5.74, 6) is -0.530. The SMILES string of the molecule is Cc1ccc(C(=O)Nc2ccc3nc(N4CCN(C5CCCCC5)CC4)cc(C(=O)O)c3c2)cc1. The normalized spacial score (nSPS) is 17.5. The number of anilines is 2. The topological polar surface area (TPSA) is 85.8 Å². The maximum atomic E-state index is 12.6. The molecule has 1 saturated heterocycles. The van der Waals surface area contributed by atoms with Crippen LogP contribution >= 0.6 is 0 Å². The first-order valence-electron chi connectivity index (χ1n) is 12.5. The molecule has 35 heavy (non-hydrogen) atoms. The molecule has 1 aliphatic heterocycles. The lowest BCUT2D eigenvalue weighted by molar-refractivity contribution is 0.0698. The lowest BCUT2D eigenvalue weighted by Crippen LogP contribution is -2.51. The predicted molar refractivity (Wildman–Crippen MR) is 138 cm³/mol. The number of nitrogens with zero attached hydrogens (tertiary/aromatic N) is 3. The van der Waals surface area contributed by atoms with Crippen LogP contribution in [-0.4, -0.2) is 59.1 Å². The Morgan fingerprint density at radius 1 is 0.943 bits per heavy atom. The van der Waals surface area contributed by atoms with Gasteiger partial charge in [-0.15, -0.1) is 0 Å². The number of aryl methyl sites for hydroxylation is 1. The quantitative estimate of drug-likeness (QED) is 0.547. The fourth-order valence-electron chi connectivity index (χ4n) is 5.30. The summed E-state index contributed by atoms with van der Waals surface area (Å²) in [4.78, 5) is 34.4. The number of carbonyl (C=O) groups is 2. The molecule has 1 aromatic heterocycles. The highest BCUT2D eigenvalue weighted by molar-refractivity contribution is 6.08. The maximum Gasteiger partial charge on any atom is 0.336 e. The Morgan fingerprint density at radius 2 is 1.66 bits per heavy atom. The van der Waals surface area contributed by atoms with E-state index >= 15 is 0 Å². The van der Waals surface area contributed by atoms with Crippen LogP contribution in [-0.2, 0) is 0 Å². The van der Waals surface area contributed by atoms with Gasteiger partial charge in [-0.25, -0.2) is 9.78 Å². The van der Waals surface area contributed by atoms with Gasteiger partial charge >= 0.3 is 5.97 Å². The average molecular weight is 473 g/mol. The van der Waals surface area contributed by atoms with Crippen molar-refractivity contribution in [2.45, 2.75) is 45.1 Å². The highest BCUT2D eigenvalue weighted by Gasteiger charge is 2.26. The number of piperazine rings is 1. The van der Waals surface area contributed by atoms with Gasteiger partial charge in [-0.2, -0.15) is 0 Å². The first-order chi connectivity index (χ1) is 17.0. The van der Waals surface area contributed by atoms with Crippen LogP contribution in [0.1, 0.15) is 58.4 Å². The van der Waals surface area contributed by atoms with Gasteiger partial charge in [0.05, 0.1) is 11.1 Å². The minimum absolute atomic E-state index is 0.200. The van der Waals surface area contributed by atoms with E-state index in [1.165, 1.54) is 32.1 Å². The van der Waals surface area contributed by atoms with Gasteiger partial charge in [-0.3, -0.25) is 9.69 Å². The van der Waals surface area contributed by atoms with Crippen molar-refractivity contribution in [3.63, 3.8) is 0 Å². The molecule has 0 bridgehead atoms. The molecule has 2 N–H and O–H groups in total. The van der Waals surface area contributed by atoms with Crippen LogP contribution in [0.2, 0.25) is 0 Å². The third kappa shape index (κ3) is 5.15. The predicted octanol–water partition coefficient (Wildman–Crippen LogP) is 4.95. The Morgan fingerprint density at radius 3 is 2.34 bits per heavy atom. The second-order valence-corrected chi connectivity index (χ2v) is 9.70. The maximum absolute atomic E-state index is 12.6. The summed E-state index contributed by atoms with van der Waals surface area (Å²) < 4.78 is 0. The number of amides is 1. The Bertz CT molecular complexity index is 1230. The lowest BCUT2D eigenvalue weighted by atomic mass is 9.94. The van der Waals surface area contributed by atoms with E-state index in [0.29, 0.717) is 34.0 Å². The Kier molecular flexibility index (Phi) is 6.68. The number of carbonyl (C=O) groups excluding carboxylic acids is 1. The van der Waals surface area contributed by atoms with Crippen molar-refractivity contribution < 1.29 is 14.7 Å². The second-order valence-electron chi connectivity index (χ2n) is 9.70. The minimum atomic E-state index is -0.999. The molecule has 0 atom stereocenters. The molecule has 2 aromatic carbocycles. The number of hydrogen-bond donors (Lipinski definition) is 2. The number of benzene rings is 2. The molecule has 1 aliphatic carbocycles. The Labute approximate surface area is 205 Å². The number of nitrogens with one attached hydrogen (secondary N) is 1. The van der Waals surface area contributed by atoms with Crippen molar-refractivity contribution in [3.05, 3.63) is 65.2 Å². The Balaban J connectivity index is 1.35. The van der Waals surface area contributed by atoms with Crippen LogP contribution in [0.15, 0.2) is 48.5 Å². The number of carboxylic acids is 1. The number of aromatic nitrogens is 1. The third-order valence-corrected chi connectivity index (χ3v) is 7.33. The van der Waals surface area contributed by atoms with Gasteiger partial charge in [0, 0.05) is 48.9 Å². The van der Waals surface area contributed by atoms with E-state index in [4.69, 9.17) is 4.98 Å². The van der Waals surface area contributed by atoms with Gasteiger partial charge < -0.3 is 15.3 Å². The third-order valence-electron chi connectivity index (χ3n) is 7.33. The number of rotatable bonds is 5. The first kappa shape index (κ1) is 23.3. The van der Waals surface area contributed by atoms with Gasteiger partial charge in [0.1, 0.15) is 5.82 Å². The molecule has 182 valence electrons. The van der Waals surface area contributed by atoms with Crippen molar-refractivity contribution >= 4 is 34.3 Å². The molecular formula is C28H32N4O3. The summed E-state index contributed by atoms with van der Waals surface area (Å²) in [5, 5.41) is 13.3. The number of hydrogen-bond acceptors (Lipinski definition) is 5. The van der Waals surface area contributed by atoms with E-state index in [2.05, 4.69) is 15.1 Å². The molecule has 0 radical (unpaired) electrons. The molecule has 5 rings (SSSR count). The molecule has 1 amide bonds. The van der Waals surface area contributed by atoms with Crippen LogP contribution in [0.4, 0.5) is 11.5 Å². The van der Waals surface area contributed by atoms with Crippen LogP contribution in [0.3, 0.4) is 0 Å². The minimum Gasteiger partial charge on any atom is -0.478 e. The van der Waals surface area contributed by atoms with Crippen molar-refractivity contribution in [1.29, 1.82) is 0 Å². The van der Waals surface area contributed by atoms with E-state index < -0.39 is 5.97 Å². The zero-order chi connectivity index (χ0) is 24.4. The molecule has 0 spiro atoms. The monoisotopic (exact) mass is 472 g/mol. The van der Waals surface area contributed by atoms with Crippen molar-refractivity contribution in [2.75, 3.05) is 36.4 Å². The number of carboxylic acid groups (broad SMARTS) is 1. The van der Waals surface area contributed by atoms with Crippen molar-refractivity contribution in [3.8, 4) is 0 Å². The highest BCUT2D eigenvalue weighted by Crippen LogP contribution is 2.28. The summed E-state index contributed by atoms with van der Waals surface area (Å²) in [5.41, 5.74) is 2.99. The fraction of sp³-hybridized carbons (Fsp3) is 0.393. The first-order valence-corrected chi connectivity index (χ1v) is 12.5. The number of aromatic carboxylic acids is 1. The van der Waals surface area contributed by atoms with Crippen LogP contribution in [0.5, 0.6) is 0 Å². The summed E-state index contributed by atoms with van der Waals surface area (Å²) >= 11 is 0. The van der Waals surface area contributed by atoms with E-state index in [1.807, 2.05) is 19.1 Å². The van der Waals surface area contributed by atoms with Crippen molar-refractivity contribution in [1.82, 2.24) is 9.88 Å². The zero-order valence-corrected chi connectivity index (χ0v) is 20.2. The summed E-state index contributed by atoms with van der Waals surface area (Å²) in [6, 6.07) is 14.9. The zero-order valence-electron chi connectivity index (χ0n) is 20.2. The molecule has 7 heteroatoms. The van der Waals surface area contributed by atoms with E-state index in [9.17, 15) is 14.7 Å². The average Bonchev–Trinajstić information content (AvgIpc) is 2.89. The molecule has 2 heterocycles. The van der Waals surface area contributed by atoms with E-state index in [1.54, 1.807) is 36.4 Å². The van der Waals surface area contributed by atoms with Gasteiger partial charge in [-0.05, 0) is 56.2 Å². The van der Waals surface area contributed by atoms with Crippen LogP contribution in [0, 0.1) is 6.92 Å². The molecule has 7 nitrogen and oxygen atoms in total. The summed E-state index contributed by atoms with van der Waals surface area (Å²) in [7, 11) is 0. The van der Waals surface area contributed by atoms with E-state index in [0.717, 1.165) is 31.7 Å². The van der Waals surface area contributed by atoms with Gasteiger partial charge in [-0.1, -0.05) is 37.0 Å². The van der Waals surface area contributed by atoms with Gasteiger partial charge in [0.2, 0.25) is 0 Å². The largest absolute Gasteiger partial charge is 0.478 e. The van der Waals surface area contributed by atoms with Gasteiger partial charge in [0.25, 0.3) is 5.91 Å². The molecular weight excluding hydrogens is 440 g/mol. The van der Waals surface area contributed by atoms with Crippen LogP contribution in [0.25, 0.3) is 10.9 Å². The highest BCUT2D eigenvalue weighted by atomic mass is 16.4. The van der Waals surface area contributed by atoms with E-state index in [-0.39, 0.29) is 11.5 Å². The molecule has 1 saturated carbocycles. The Hall–Kier alpha value is -3.45. The molecule has 2 aliphatic rings. The number of pyridine rings is 1. The standard InChI is InChI=1S/C28H32N4O3/c1-19-7-9-20(10-8-19)27(33)29-21-11-12-25-23(17-21)24(28(34)35)18-26(30-25)32-15-13-31(14-16-32)22-5-3-2-4-6-22/h7-12,17-18,22H,2-6,13-16H2,1H3,(H,29,33)(H,34,35).